The third-order valence-electron chi connectivity index (χ3n) is 6.56. The lowest BCUT2D eigenvalue weighted by atomic mass is 9.76. The predicted octanol–water partition coefficient (Wildman–Crippen LogP) is 3.77. The summed E-state index contributed by atoms with van der Waals surface area (Å²) in [6.07, 6.45) is 4.08. The Morgan fingerprint density at radius 3 is 2.53 bits per heavy atom. The van der Waals surface area contributed by atoms with Gasteiger partial charge in [0.15, 0.2) is 0 Å². The molecule has 0 spiro atoms. The van der Waals surface area contributed by atoms with E-state index in [9.17, 15) is 10.0 Å². The van der Waals surface area contributed by atoms with Crippen LogP contribution in [0.15, 0.2) is 5.18 Å². The van der Waals surface area contributed by atoms with Crippen molar-refractivity contribution in [2.45, 2.75) is 57.6 Å². The second-order valence-corrected chi connectivity index (χ2v) is 8.73. The molecule has 3 nitrogen and oxygen atoms in total. The minimum Gasteiger partial charge on any atom is -0.390 e. The highest BCUT2D eigenvalue weighted by atomic mass is 127. The van der Waals surface area contributed by atoms with E-state index in [-0.39, 0.29) is 5.92 Å². The van der Waals surface area contributed by atoms with Gasteiger partial charge in [0.05, 0.1) is 5.60 Å². The first-order valence-corrected chi connectivity index (χ1v) is 8.93. The molecular formula is C15H24INO2. The molecule has 3 saturated carbocycles. The van der Waals surface area contributed by atoms with Crippen molar-refractivity contribution in [1.82, 2.24) is 0 Å². The van der Waals surface area contributed by atoms with Crippen LogP contribution in [0.5, 0.6) is 0 Å². The monoisotopic (exact) mass is 377 g/mol. The van der Waals surface area contributed by atoms with Crippen LogP contribution in [-0.2, 0) is 0 Å². The maximum Gasteiger partial charge on any atom is 0.103 e. The minimum atomic E-state index is -0.596. The molecule has 0 aromatic carbocycles. The van der Waals surface area contributed by atoms with Gasteiger partial charge in [-0.25, -0.2) is 0 Å². The molecule has 0 heterocycles. The van der Waals surface area contributed by atoms with Crippen molar-refractivity contribution < 1.29 is 5.11 Å². The maximum atomic E-state index is 11.4. The van der Waals surface area contributed by atoms with E-state index in [1.54, 1.807) is 0 Å². The highest BCUT2D eigenvalue weighted by Gasteiger charge is 2.68. The quantitative estimate of drug-likeness (QED) is 0.453. The fourth-order valence-corrected chi connectivity index (χ4v) is 6.25. The zero-order chi connectivity index (χ0) is 14.1. The Morgan fingerprint density at radius 1 is 1.26 bits per heavy atom. The minimum absolute atomic E-state index is 0.281. The molecular weight excluding hydrogens is 353 g/mol. The van der Waals surface area contributed by atoms with Crippen LogP contribution in [0.3, 0.4) is 0 Å². The van der Waals surface area contributed by atoms with E-state index in [1.165, 1.54) is 0 Å². The predicted molar refractivity (Wildman–Crippen MR) is 84.2 cm³/mol. The fourth-order valence-electron chi connectivity index (χ4n) is 5.63. The van der Waals surface area contributed by atoms with Gasteiger partial charge in [-0.2, -0.15) is 4.91 Å². The van der Waals surface area contributed by atoms with Crippen molar-refractivity contribution >= 4 is 22.6 Å². The van der Waals surface area contributed by atoms with Crippen molar-refractivity contribution in [3.63, 3.8) is 0 Å². The number of hydrogen-bond donors (Lipinski definition) is 1. The average Bonchev–Trinajstić information content (AvgIpc) is 2.94. The van der Waals surface area contributed by atoms with Crippen LogP contribution in [-0.4, -0.2) is 20.7 Å². The number of nitrogens with zero attached hydrogens (tertiary/aromatic N) is 1. The molecule has 0 amide bonds. The Kier molecular flexibility index (Phi) is 3.11. The number of fused-ring (bicyclic) bond motifs is 3. The molecule has 0 aliphatic heterocycles. The molecule has 0 bridgehead atoms. The summed E-state index contributed by atoms with van der Waals surface area (Å²) >= 11 is 2.47. The first-order valence-electron chi connectivity index (χ1n) is 7.40. The summed E-state index contributed by atoms with van der Waals surface area (Å²) in [5, 5.41) is 14.5. The van der Waals surface area contributed by atoms with E-state index in [4.69, 9.17) is 0 Å². The lowest BCUT2D eigenvalue weighted by molar-refractivity contribution is -0.0281. The van der Waals surface area contributed by atoms with Crippen LogP contribution in [0.4, 0.5) is 0 Å². The third-order valence-corrected chi connectivity index (χ3v) is 8.41. The van der Waals surface area contributed by atoms with Gasteiger partial charge in [-0.05, 0) is 68.6 Å². The van der Waals surface area contributed by atoms with Gasteiger partial charge in [0.2, 0.25) is 0 Å². The number of aliphatic hydroxyl groups is 1. The van der Waals surface area contributed by atoms with Crippen molar-refractivity contribution in [2.75, 3.05) is 4.43 Å². The van der Waals surface area contributed by atoms with Gasteiger partial charge in [-0.3, -0.25) is 0 Å². The normalized spacial score (nSPS) is 60.1. The molecule has 0 aromatic heterocycles. The molecule has 4 heteroatoms. The second-order valence-electron chi connectivity index (χ2n) is 7.97. The van der Waals surface area contributed by atoms with Crippen LogP contribution in [0.2, 0.25) is 0 Å². The molecule has 0 radical (unpaired) electrons. The number of halogens is 1. The lowest BCUT2D eigenvalue weighted by Gasteiger charge is -2.33. The zero-order valence-electron chi connectivity index (χ0n) is 12.0. The summed E-state index contributed by atoms with van der Waals surface area (Å²) in [6, 6.07) is 0. The van der Waals surface area contributed by atoms with Gasteiger partial charge in [-0.15, -0.1) is 0 Å². The van der Waals surface area contributed by atoms with Gasteiger partial charge < -0.3 is 5.11 Å². The Bertz CT molecular complexity index is 413. The number of hydrogen-bond acceptors (Lipinski definition) is 3. The zero-order valence-corrected chi connectivity index (χ0v) is 14.2. The van der Waals surface area contributed by atoms with E-state index < -0.39 is 11.1 Å². The maximum absolute atomic E-state index is 11.4. The van der Waals surface area contributed by atoms with Crippen molar-refractivity contribution in [3.05, 3.63) is 4.91 Å². The highest BCUT2D eigenvalue weighted by molar-refractivity contribution is 14.1. The van der Waals surface area contributed by atoms with Gasteiger partial charge in [0.1, 0.15) is 5.54 Å². The highest BCUT2D eigenvalue weighted by Crippen LogP contribution is 2.68. The Balaban J connectivity index is 1.99. The Morgan fingerprint density at radius 2 is 1.95 bits per heavy atom. The summed E-state index contributed by atoms with van der Waals surface area (Å²) in [7, 11) is 0. The number of alkyl halides is 1. The number of nitroso groups, excluding NO2 is 1. The van der Waals surface area contributed by atoms with E-state index in [1.807, 2.05) is 13.8 Å². The molecule has 3 aliphatic carbocycles. The third kappa shape index (κ3) is 1.78. The fraction of sp³-hybridized carbons (Fsp3) is 1.00. The molecule has 108 valence electrons. The topological polar surface area (TPSA) is 49.7 Å². The summed E-state index contributed by atoms with van der Waals surface area (Å²) in [5.74, 6) is 1.44. The molecule has 0 saturated heterocycles. The standard InChI is InChI=1S/C15H24INO2/c1-13(8-16)6-9-11(7-13)15(3,18)10-4-5-14(2,17-19)12(9)10/h9-12,18H,4-8H2,1-3H3/t9?,10?,11?,12?,13-,14-,15+/m0/s1. The number of rotatable bonds is 2. The average molecular weight is 377 g/mol. The van der Waals surface area contributed by atoms with Crippen LogP contribution >= 0.6 is 22.6 Å². The van der Waals surface area contributed by atoms with Crippen LogP contribution in [0.1, 0.15) is 46.5 Å². The van der Waals surface area contributed by atoms with Crippen molar-refractivity contribution in [3.8, 4) is 0 Å². The largest absolute Gasteiger partial charge is 0.390 e. The molecule has 3 rings (SSSR count). The molecule has 4 unspecified atom stereocenters. The van der Waals surface area contributed by atoms with Gasteiger partial charge in [-0.1, -0.05) is 34.7 Å². The molecule has 1 N–H and O–H groups in total. The Labute approximate surface area is 129 Å². The van der Waals surface area contributed by atoms with E-state index in [2.05, 4.69) is 34.7 Å². The first kappa shape index (κ1) is 14.2. The van der Waals surface area contributed by atoms with Crippen LogP contribution in [0, 0.1) is 34.0 Å². The first-order chi connectivity index (χ1) is 8.77. The molecule has 3 fully saturated rings. The summed E-state index contributed by atoms with van der Waals surface area (Å²) in [6.45, 7) is 6.37. The molecule has 19 heavy (non-hydrogen) atoms. The smallest absolute Gasteiger partial charge is 0.103 e. The molecule has 3 aliphatic rings. The van der Waals surface area contributed by atoms with Crippen LogP contribution < -0.4 is 0 Å². The SMILES string of the molecule is C[C@]1(CI)CC2C(C1)[C@](C)(O)C1CC[C@](C)(N=O)C21. The summed E-state index contributed by atoms with van der Waals surface area (Å²) in [4.78, 5) is 11.4. The van der Waals surface area contributed by atoms with Crippen molar-refractivity contribution in [2.24, 2.45) is 34.3 Å². The summed E-state index contributed by atoms with van der Waals surface area (Å²) in [5.41, 5.74) is -0.705. The second kappa shape index (κ2) is 4.15. The van der Waals surface area contributed by atoms with Gasteiger partial charge in [0.25, 0.3) is 0 Å². The summed E-state index contributed by atoms with van der Waals surface area (Å²) < 4.78 is 1.14. The van der Waals surface area contributed by atoms with Crippen LogP contribution in [0.25, 0.3) is 0 Å². The van der Waals surface area contributed by atoms with Gasteiger partial charge in [0, 0.05) is 4.43 Å². The lowest BCUT2D eigenvalue weighted by Crippen LogP contribution is -2.38. The van der Waals surface area contributed by atoms with E-state index in [0.29, 0.717) is 23.2 Å². The molecule has 7 atom stereocenters. The van der Waals surface area contributed by atoms with E-state index in [0.717, 1.165) is 30.1 Å². The molecule has 0 aromatic rings. The Hall–Kier alpha value is 0.290. The van der Waals surface area contributed by atoms with E-state index >= 15 is 0 Å². The van der Waals surface area contributed by atoms with Gasteiger partial charge >= 0.3 is 0 Å². The van der Waals surface area contributed by atoms with Crippen molar-refractivity contribution in [1.29, 1.82) is 0 Å².